The molecule has 3 N–H and O–H groups in total. The van der Waals surface area contributed by atoms with Crippen LogP contribution in [0.15, 0.2) is 27.1 Å². The van der Waals surface area contributed by atoms with Gasteiger partial charge in [0, 0.05) is 15.0 Å². The van der Waals surface area contributed by atoms with E-state index in [4.69, 9.17) is 5.84 Å². The highest BCUT2D eigenvalue weighted by Gasteiger charge is 2.12. The number of nitrogens with two attached hydrogens (primary N) is 1. The van der Waals surface area contributed by atoms with Gasteiger partial charge in [0.2, 0.25) is 0 Å². The van der Waals surface area contributed by atoms with Gasteiger partial charge in [-0.2, -0.15) is 0 Å². The summed E-state index contributed by atoms with van der Waals surface area (Å²) in [5.41, 5.74) is 4.06. The molecule has 0 aliphatic heterocycles. The lowest BCUT2D eigenvalue weighted by molar-refractivity contribution is 0.438. The predicted octanol–water partition coefficient (Wildman–Crippen LogP) is 3.76. The van der Waals surface area contributed by atoms with Crippen LogP contribution in [-0.2, 0) is 0 Å². The normalized spacial score (nSPS) is 13.2. The number of hydrogen-bond donors (Lipinski definition) is 2. The van der Waals surface area contributed by atoms with E-state index < -0.39 is 0 Å². The van der Waals surface area contributed by atoms with Crippen LogP contribution in [0.5, 0.6) is 0 Å². The standard InChI is InChI=1S/C11H16Br2N2/c1-7(2)3-11(15-14)8-4-9(12)6-10(13)5-8/h4-7,11,15H,3,14H2,1-2H3. The highest BCUT2D eigenvalue weighted by molar-refractivity contribution is 9.11. The smallest absolute Gasteiger partial charge is 0.0463 e. The van der Waals surface area contributed by atoms with E-state index in [2.05, 4.69) is 63.3 Å². The van der Waals surface area contributed by atoms with Crippen molar-refractivity contribution in [1.29, 1.82) is 0 Å². The van der Waals surface area contributed by atoms with Gasteiger partial charge in [-0.3, -0.25) is 11.3 Å². The molecule has 0 fully saturated rings. The summed E-state index contributed by atoms with van der Waals surface area (Å²) in [5.74, 6) is 6.19. The third-order valence-electron chi connectivity index (χ3n) is 2.20. The van der Waals surface area contributed by atoms with Crippen LogP contribution < -0.4 is 11.3 Å². The molecule has 0 aromatic heterocycles. The van der Waals surface area contributed by atoms with Gasteiger partial charge in [0.25, 0.3) is 0 Å². The molecule has 0 heterocycles. The quantitative estimate of drug-likeness (QED) is 0.649. The predicted molar refractivity (Wildman–Crippen MR) is 71.4 cm³/mol. The van der Waals surface area contributed by atoms with Crippen molar-refractivity contribution in [3.8, 4) is 0 Å². The first-order chi connectivity index (χ1) is 7.02. The Balaban J connectivity index is 2.91. The molecule has 2 nitrogen and oxygen atoms in total. The molecule has 1 aromatic carbocycles. The van der Waals surface area contributed by atoms with Crippen molar-refractivity contribution in [2.45, 2.75) is 26.3 Å². The molecule has 15 heavy (non-hydrogen) atoms. The third-order valence-corrected chi connectivity index (χ3v) is 3.11. The highest BCUT2D eigenvalue weighted by Crippen LogP contribution is 2.27. The Bertz CT molecular complexity index is 306. The molecule has 0 radical (unpaired) electrons. The topological polar surface area (TPSA) is 38.0 Å². The summed E-state index contributed by atoms with van der Waals surface area (Å²) in [7, 11) is 0. The zero-order valence-corrected chi connectivity index (χ0v) is 12.1. The maximum atomic E-state index is 5.57. The van der Waals surface area contributed by atoms with Crippen LogP contribution in [0.25, 0.3) is 0 Å². The third kappa shape index (κ3) is 4.23. The summed E-state index contributed by atoms with van der Waals surface area (Å²) < 4.78 is 2.13. The Kier molecular flexibility index (Phi) is 5.26. The molecule has 1 aromatic rings. The van der Waals surface area contributed by atoms with Gasteiger partial charge in [0.05, 0.1) is 0 Å². The van der Waals surface area contributed by atoms with Crippen molar-refractivity contribution in [1.82, 2.24) is 5.43 Å². The summed E-state index contributed by atoms with van der Waals surface area (Å²) in [5, 5.41) is 0. The van der Waals surface area contributed by atoms with E-state index in [-0.39, 0.29) is 6.04 Å². The van der Waals surface area contributed by atoms with Gasteiger partial charge in [-0.15, -0.1) is 0 Å². The van der Waals surface area contributed by atoms with Crippen molar-refractivity contribution >= 4 is 31.9 Å². The summed E-state index contributed by atoms with van der Waals surface area (Å²) in [6.07, 6.45) is 1.03. The van der Waals surface area contributed by atoms with E-state index in [1.54, 1.807) is 0 Å². The number of nitrogens with one attached hydrogen (secondary N) is 1. The molecule has 0 bridgehead atoms. The molecule has 0 amide bonds. The van der Waals surface area contributed by atoms with Crippen molar-refractivity contribution in [3.05, 3.63) is 32.7 Å². The van der Waals surface area contributed by atoms with Crippen molar-refractivity contribution in [2.24, 2.45) is 11.8 Å². The van der Waals surface area contributed by atoms with E-state index in [1.807, 2.05) is 6.07 Å². The average molecular weight is 336 g/mol. The Hall–Kier alpha value is 0.1000. The van der Waals surface area contributed by atoms with E-state index in [9.17, 15) is 0 Å². The lowest BCUT2D eigenvalue weighted by Crippen LogP contribution is -2.29. The van der Waals surface area contributed by atoms with Crippen molar-refractivity contribution < 1.29 is 0 Å². The zero-order chi connectivity index (χ0) is 11.4. The van der Waals surface area contributed by atoms with Crippen LogP contribution >= 0.6 is 31.9 Å². The minimum atomic E-state index is 0.207. The highest BCUT2D eigenvalue weighted by atomic mass is 79.9. The largest absolute Gasteiger partial charge is 0.271 e. The van der Waals surface area contributed by atoms with Crippen LogP contribution in [0.3, 0.4) is 0 Å². The molecule has 0 aliphatic carbocycles. The monoisotopic (exact) mass is 334 g/mol. The maximum Gasteiger partial charge on any atom is 0.0463 e. The van der Waals surface area contributed by atoms with Crippen LogP contribution in [-0.4, -0.2) is 0 Å². The summed E-state index contributed by atoms with van der Waals surface area (Å²) in [4.78, 5) is 0. The van der Waals surface area contributed by atoms with E-state index >= 15 is 0 Å². The first-order valence-electron chi connectivity index (χ1n) is 4.95. The fraction of sp³-hybridized carbons (Fsp3) is 0.455. The second-order valence-corrected chi connectivity index (χ2v) is 5.88. The summed E-state index contributed by atoms with van der Waals surface area (Å²) in [6.45, 7) is 4.38. The lowest BCUT2D eigenvalue weighted by Gasteiger charge is -2.19. The Labute approximate surface area is 108 Å². The molecule has 1 atom stereocenters. The second-order valence-electron chi connectivity index (χ2n) is 4.05. The molecule has 0 saturated heterocycles. The van der Waals surface area contributed by atoms with Gasteiger partial charge >= 0.3 is 0 Å². The first-order valence-corrected chi connectivity index (χ1v) is 6.53. The lowest BCUT2D eigenvalue weighted by atomic mass is 9.98. The average Bonchev–Trinajstić information content (AvgIpc) is 2.12. The molecular weight excluding hydrogens is 320 g/mol. The van der Waals surface area contributed by atoms with Gasteiger partial charge < -0.3 is 0 Å². The molecule has 84 valence electrons. The zero-order valence-electron chi connectivity index (χ0n) is 8.93. The van der Waals surface area contributed by atoms with Gasteiger partial charge in [-0.1, -0.05) is 45.7 Å². The van der Waals surface area contributed by atoms with Gasteiger partial charge in [-0.25, -0.2) is 0 Å². The van der Waals surface area contributed by atoms with Crippen molar-refractivity contribution in [3.63, 3.8) is 0 Å². The van der Waals surface area contributed by atoms with Crippen LogP contribution in [0.4, 0.5) is 0 Å². The summed E-state index contributed by atoms with van der Waals surface area (Å²) in [6, 6.07) is 6.42. The Morgan fingerprint density at radius 1 is 1.20 bits per heavy atom. The Morgan fingerprint density at radius 3 is 2.13 bits per heavy atom. The molecule has 1 unspecified atom stereocenters. The molecule has 4 heteroatoms. The molecular formula is C11H16Br2N2. The fourth-order valence-electron chi connectivity index (χ4n) is 1.55. The number of benzene rings is 1. The SMILES string of the molecule is CC(C)CC(NN)c1cc(Br)cc(Br)c1. The minimum absolute atomic E-state index is 0.207. The van der Waals surface area contributed by atoms with Gasteiger partial charge in [0.15, 0.2) is 0 Å². The fourth-order valence-corrected chi connectivity index (χ4v) is 2.88. The van der Waals surface area contributed by atoms with Gasteiger partial charge in [0.1, 0.15) is 0 Å². The number of rotatable bonds is 4. The molecule has 1 rings (SSSR count). The number of hydrazine groups is 1. The van der Waals surface area contributed by atoms with Crippen LogP contribution in [0, 0.1) is 5.92 Å². The molecule has 0 saturated carbocycles. The number of hydrogen-bond acceptors (Lipinski definition) is 2. The van der Waals surface area contributed by atoms with E-state index in [1.165, 1.54) is 5.56 Å². The Morgan fingerprint density at radius 2 is 1.73 bits per heavy atom. The maximum absolute atomic E-state index is 5.57. The second kappa shape index (κ2) is 5.99. The minimum Gasteiger partial charge on any atom is -0.271 e. The van der Waals surface area contributed by atoms with E-state index in [0.29, 0.717) is 5.92 Å². The first kappa shape index (κ1) is 13.2. The number of halogens is 2. The van der Waals surface area contributed by atoms with Gasteiger partial charge in [-0.05, 0) is 36.1 Å². The van der Waals surface area contributed by atoms with Crippen LogP contribution in [0.2, 0.25) is 0 Å². The van der Waals surface area contributed by atoms with E-state index in [0.717, 1.165) is 15.4 Å². The molecule has 0 aliphatic rings. The summed E-state index contributed by atoms with van der Waals surface area (Å²) >= 11 is 6.96. The van der Waals surface area contributed by atoms with Crippen LogP contribution in [0.1, 0.15) is 31.9 Å². The molecule has 0 spiro atoms. The van der Waals surface area contributed by atoms with Crippen molar-refractivity contribution in [2.75, 3.05) is 0 Å².